The summed E-state index contributed by atoms with van der Waals surface area (Å²) in [7, 11) is 0. The first kappa shape index (κ1) is 24.7. The van der Waals surface area contributed by atoms with Crippen LogP contribution in [0.15, 0.2) is 54.6 Å². The second-order valence-corrected chi connectivity index (χ2v) is 9.18. The maximum atomic E-state index is 13.8. The molecule has 3 atom stereocenters. The van der Waals surface area contributed by atoms with Crippen molar-refractivity contribution in [3.63, 3.8) is 0 Å². The molecule has 1 amide bonds. The fraction of sp³-hybridized carbons (Fsp3) is 0.357. The molecule has 1 aliphatic heterocycles. The largest absolute Gasteiger partial charge is 0.462 e. The minimum atomic E-state index is -0.724. The van der Waals surface area contributed by atoms with Crippen molar-refractivity contribution in [3.05, 3.63) is 71.7 Å². The van der Waals surface area contributed by atoms with Crippen LogP contribution in [0.5, 0.6) is 0 Å². The first-order chi connectivity index (χ1) is 16.8. The normalized spacial score (nSPS) is 18.8. The molecule has 2 unspecified atom stereocenters. The standard InChI is InChI=1S/C28H31FN2O4/c1-3-17(2)26-25(28(30)34)24(18-7-5-4-6-8-18)27(19-9-11-20(29)12-10-19)31(26)14-13-22-15-21(32)16-23(33)35-22/h4-12,17,21-22,32H,3,13-16H2,1-2H3,(H2,30,34)/t17?,21-,22?/m1/s1. The van der Waals surface area contributed by atoms with Gasteiger partial charge in [0, 0.05) is 30.6 Å². The molecular weight excluding hydrogens is 447 g/mol. The number of aliphatic hydroxyl groups is 1. The van der Waals surface area contributed by atoms with Crippen LogP contribution in [-0.2, 0) is 16.1 Å². The highest BCUT2D eigenvalue weighted by molar-refractivity contribution is 6.05. The minimum absolute atomic E-state index is 0.00292. The molecule has 2 heterocycles. The van der Waals surface area contributed by atoms with Gasteiger partial charge in [-0.15, -0.1) is 0 Å². The SMILES string of the molecule is CCC(C)c1c(C(N)=O)c(-c2ccccc2)c(-c2ccc(F)cc2)n1CCC1C[C@@H](O)CC(=O)O1. The van der Waals surface area contributed by atoms with Gasteiger partial charge in [-0.25, -0.2) is 4.39 Å². The number of benzene rings is 2. The predicted molar refractivity (Wildman–Crippen MR) is 132 cm³/mol. The molecule has 2 aromatic carbocycles. The molecule has 7 heteroatoms. The molecule has 0 spiro atoms. The number of esters is 1. The molecule has 1 fully saturated rings. The van der Waals surface area contributed by atoms with Crippen molar-refractivity contribution in [1.82, 2.24) is 4.57 Å². The van der Waals surface area contributed by atoms with Gasteiger partial charge in [-0.05, 0) is 47.7 Å². The van der Waals surface area contributed by atoms with Crippen LogP contribution < -0.4 is 5.73 Å². The zero-order chi connectivity index (χ0) is 25.1. The van der Waals surface area contributed by atoms with Crippen molar-refractivity contribution in [1.29, 1.82) is 0 Å². The summed E-state index contributed by atoms with van der Waals surface area (Å²) in [6.45, 7) is 4.53. The molecular formula is C28H31FN2O4. The number of halogens is 1. The number of aromatic nitrogens is 1. The number of carbonyl (C=O) groups is 2. The predicted octanol–water partition coefficient (Wildman–Crippen LogP) is 5.03. The molecule has 1 aliphatic rings. The van der Waals surface area contributed by atoms with Crippen molar-refractivity contribution in [3.8, 4) is 22.4 Å². The summed E-state index contributed by atoms with van der Waals surface area (Å²) in [6, 6.07) is 15.8. The fourth-order valence-electron chi connectivity index (χ4n) is 4.93. The number of aliphatic hydroxyl groups excluding tert-OH is 1. The maximum Gasteiger partial charge on any atom is 0.308 e. The number of ether oxygens (including phenoxy) is 1. The van der Waals surface area contributed by atoms with Crippen LogP contribution in [0.1, 0.15) is 61.5 Å². The van der Waals surface area contributed by atoms with E-state index in [-0.39, 0.29) is 18.2 Å². The first-order valence-corrected chi connectivity index (χ1v) is 12.0. The van der Waals surface area contributed by atoms with Gasteiger partial charge in [0.05, 0.1) is 23.8 Å². The van der Waals surface area contributed by atoms with Crippen LogP contribution >= 0.6 is 0 Å². The lowest BCUT2D eigenvalue weighted by molar-refractivity contribution is -0.160. The summed E-state index contributed by atoms with van der Waals surface area (Å²) < 4.78 is 21.4. The van der Waals surface area contributed by atoms with E-state index in [1.54, 1.807) is 12.1 Å². The zero-order valence-electron chi connectivity index (χ0n) is 20.0. The molecule has 3 aromatic rings. The Balaban J connectivity index is 1.93. The number of primary amides is 1. The molecule has 6 nitrogen and oxygen atoms in total. The van der Waals surface area contributed by atoms with Crippen molar-refractivity contribution >= 4 is 11.9 Å². The number of cyclic esters (lactones) is 1. The fourth-order valence-corrected chi connectivity index (χ4v) is 4.93. The van der Waals surface area contributed by atoms with Gasteiger partial charge in [0.1, 0.15) is 11.9 Å². The quantitative estimate of drug-likeness (QED) is 0.444. The molecule has 1 aromatic heterocycles. The number of nitrogens with zero attached hydrogens (tertiary/aromatic N) is 1. The van der Waals surface area contributed by atoms with Gasteiger partial charge in [0.2, 0.25) is 0 Å². The lowest BCUT2D eigenvalue weighted by Gasteiger charge is -2.27. The van der Waals surface area contributed by atoms with Crippen molar-refractivity contribution in [2.45, 2.75) is 64.2 Å². The van der Waals surface area contributed by atoms with E-state index in [0.717, 1.165) is 28.9 Å². The topological polar surface area (TPSA) is 94.5 Å². The number of amides is 1. The Kier molecular flexibility index (Phi) is 7.36. The number of hydrogen-bond donors (Lipinski definition) is 2. The Bertz CT molecular complexity index is 1200. The Morgan fingerprint density at radius 2 is 1.86 bits per heavy atom. The third kappa shape index (κ3) is 5.15. The van der Waals surface area contributed by atoms with Gasteiger partial charge in [-0.1, -0.05) is 44.2 Å². The third-order valence-corrected chi connectivity index (χ3v) is 6.72. The summed E-state index contributed by atoms with van der Waals surface area (Å²) in [4.78, 5) is 24.8. The molecule has 184 valence electrons. The highest BCUT2D eigenvalue weighted by Gasteiger charge is 2.32. The smallest absolute Gasteiger partial charge is 0.308 e. The van der Waals surface area contributed by atoms with Crippen LogP contribution in [0.4, 0.5) is 4.39 Å². The van der Waals surface area contributed by atoms with Crippen LogP contribution in [0.25, 0.3) is 22.4 Å². The van der Waals surface area contributed by atoms with Crippen LogP contribution in [0, 0.1) is 5.82 Å². The third-order valence-electron chi connectivity index (χ3n) is 6.72. The molecule has 0 aliphatic carbocycles. The van der Waals surface area contributed by atoms with Gasteiger partial charge in [0.25, 0.3) is 5.91 Å². The number of nitrogens with two attached hydrogens (primary N) is 1. The van der Waals surface area contributed by atoms with Gasteiger partial charge in [0.15, 0.2) is 0 Å². The Hall–Kier alpha value is -3.45. The van der Waals surface area contributed by atoms with Gasteiger partial charge >= 0.3 is 5.97 Å². The molecule has 0 bridgehead atoms. The van der Waals surface area contributed by atoms with E-state index in [9.17, 15) is 19.1 Å². The van der Waals surface area contributed by atoms with Gasteiger partial charge < -0.3 is 20.1 Å². The summed E-state index contributed by atoms with van der Waals surface area (Å²) in [6.07, 6.45) is 0.448. The van der Waals surface area contributed by atoms with Crippen LogP contribution in [0.2, 0.25) is 0 Å². The molecule has 3 N–H and O–H groups in total. The van der Waals surface area contributed by atoms with Crippen LogP contribution in [0.3, 0.4) is 0 Å². The zero-order valence-corrected chi connectivity index (χ0v) is 20.0. The van der Waals surface area contributed by atoms with Crippen molar-refractivity contribution in [2.75, 3.05) is 0 Å². The van der Waals surface area contributed by atoms with E-state index in [0.29, 0.717) is 30.5 Å². The first-order valence-electron chi connectivity index (χ1n) is 12.0. The van der Waals surface area contributed by atoms with Crippen molar-refractivity contribution < 1.29 is 23.8 Å². The van der Waals surface area contributed by atoms with E-state index in [1.807, 2.05) is 44.2 Å². The highest BCUT2D eigenvalue weighted by Crippen LogP contribution is 2.42. The molecule has 35 heavy (non-hydrogen) atoms. The summed E-state index contributed by atoms with van der Waals surface area (Å²) >= 11 is 0. The second-order valence-electron chi connectivity index (χ2n) is 9.18. The van der Waals surface area contributed by atoms with E-state index in [4.69, 9.17) is 10.5 Å². The maximum absolute atomic E-state index is 13.8. The van der Waals surface area contributed by atoms with Crippen LogP contribution in [-0.4, -0.2) is 33.8 Å². The average Bonchev–Trinajstić information content (AvgIpc) is 3.18. The van der Waals surface area contributed by atoms with Gasteiger partial charge in [-0.2, -0.15) is 0 Å². The number of rotatable bonds is 8. The minimum Gasteiger partial charge on any atom is -0.462 e. The Morgan fingerprint density at radius 3 is 2.46 bits per heavy atom. The average molecular weight is 479 g/mol. The monoisotopic (exact) mass is 478 g/mol. The molecule has 0 saturated carbocycles. The lowest BCUT2D eigenvalue weighted by atomic mass is 9.93. The van der Waals surface area contributed by atoms with E-state index in [2.05, 4.69) is 4.57 Å². The Morgan fingerprint density at radius 1 is 1.17 bits per heavy atom. The summed E-state index contributed by atoms with van der Waals surface area (Å²) in [5.74, 6) is -1.28. The number of carbonyl (C=O) groups excluding carboxylic acids is 2. The highest BCUT2D eigenvalue weighted by atomic mass is 19.1. The molecule has 1 saturated heterocycles. The molecule has 4 rings (SSSR count). The van der Waals surface area contributed by atoms with E-state index >= 15 is 0 Å². The summed E-state index contributed by atoms with van der Waals surface area (Å²) in [5.41, 5.74) is 10.3. The van der Waals surface area contributed by atoms with Crippen molar-refractivity contribution in [2.24, 2.45) is 5.73 Å². The van der Waals surface area contributed by atoms with E-state index < -0.39 is 24.1 Å². The molecule has 0 radical (unpaired) electrons. The van der Waals surface area contributed by atoms with E-state index in [1.165, 1.54) is 12.1 Å². The Labute approximate surface area is 204 Å². The summed E-state index contributed by atoms with van der Waals surface area (Å²) in [5, 5.41) is 10.1. The second kappa shape index (κ2) is 10.4. The lowest BCUT2D eigenvalue weighted by Crippen LogP contribution is -2.33. The number of hydrogen-bond acceptors (Lipinski definition) is 4. The van der Waals surface area contributed by atoms with Gasteiger partial charge in [-0.3, -0.25) is 9.59 Å².